The van der Waals surface area contributed by atoms with Gasteiger partial charge in [0.2, 0.25) is 0 Å². The van der Waals surface area contributed by atoms with Crippen LogP contribution in [0, 0.1) is 5.92 Å². The number of carbonyl (C=O) groups is 1. The second-order valence-electron chi connectivity index (χ2n) is 6.37. The van der Waals surface area contributed by atoms with Gasteiger partial charge in [-0.2, -0.15) is 5.10 Å². The molecule has 5 rings (SSSR count). The van der Waals surface area contributed by atoms with Gasteiger partial charge in [-0.15, -0.1) is 0 Å². The first-order valence-corrected chi connectivity index (χ1v) is 8.41. The molecule has 6 heteroatoms. The van der Waals surface area contributed by atoms with E-state index in [0.29, 0.717) is 16.5 Å². The maximum absolute atomic E-state index is 12.5. The van der Waals surface area contributed by atoms with E-state index in [4.69, 9.17) is 11.6 Å². The number of piperidine rings is 3. The zero-order chi connectivity index (χ0) is 15.8. The molecule has 1 amide bonds. The molecule has 1 aromatic heterocycles. The Kier molecular flexibility index (Phi) is 3.83. The molecule has 3 aliphatic heterocycles. The van der Waals surface area contributed by atoms with E-state index in [9.17, 15) is 4.79 Å². The van der Waals surface area contributed by atoms with Crippen molar-refractivity contribution < 1.29 is 4.79 Å². The monoisotopic (exact) mass is 330 g/mol. The number of benzene rings is 1. The lowest BCUT2D eigenvalue weighted by molar-refractivity contribution is 0.0620. The molecule has 2 aromatic rings. The predicted octanol–water partition coefficient (Wildman–Crippen LogP) is 2.35. The second-order valence-corrected chi connectivity index (χ2v) is 6.80. The topological polar surface area (TPSA) is 50.2 Å². The highest BCUT2D eigenvalue weighted by Crippen LogP contribution is 2.27. The van der Waals surface area contributed by atoms with Gasteiger partial charge < -0.3 is 10.2 Å². The van der Waals surface area contributed by atoms with Crippen LogP contribution < -0.4 is 5.32 Å². The molecule has 3 saturated heterocycles. The fourth-order valence-electron chi connectivity index (χ4n) is 3.56. The van der Waals surface area contributed by atoms with Gasteiger partial charge in [-0.25, -0.2) is 4.68 Å². The maximum atomic E-state index is 12.5. The van der Waals surface area contributed by atoms with Crippen LogP contribution in [0.1, 0.15) is 23.2 Å². The van der Waals surface area contributed by atoms with Gasteiger partial charge in [0.15, 0.2) is 0 Å². The van der Waals surface area contributed by atoms with Crippen LogP contribution in [0.15, 0.2) is 36.7 Å². The Bertz CT molecular complexity index is 704. The molecule has 0 saturated carbocycles. The summed E-state index contributed by atoms with van der Waals surface area (Å²) in [4.78, 5) is 14.9. The van der Waals surface area contributed by atoms with E-state index in [0.717, 1.165) is 12.2 Å². The van der Waals surface area contributed by atoms with E-state index in [1.54, 1.807) is 17.1 Å². The molecule has 0 aliphatic carbocycles. The smallest absolute Gasteiger partial charge is 0.254 e. The number of carbonyl (C=O) groups excluding carboxylic acids is 1. The Morgan fingerprint density at radius 1 is 1.22 bits per heavy atom. The molecule has 3 aliphatic rings. The minimum Gasteiger partial charge on any atom is -0.348 e. The molecular weight excluding hydrogens is 312 g/mol. The van der Waals surface area contributed by atoms with Gasteiger partial charge in [-0.05, 0) is 56.1 Å². The quantitative estimate of drug-likeness (QED) is 0.940. The summed E-state index contributed by atoms with van der Waals surface area (Å²) < 4.78 is 1.70. The summed E-state index contributed by atoms with van der Waals surface area (Å²) in [6.07, 6.45) is 5.76. The van der Waals surface area contributed by atoms with Gasteiger partial charge in [0, 0.05) is 23.8 Å². The Morgan fingerprint density at radius 3 is 2.61 bits per heavy atom. The summed E-state index contributed by atoms with van der Waals surface area (Å²) in [7, 11) is 0. The number of hydrogen-bond donors (Lipinski definition) is 1. The summed E-state index contributed by atoms with van der Waals surface area (Å²) >= 11 is 5.90. The van der Waals surface area contributed by atoms with Crippen molar-refractivity contribution in [3.8, 4) is 5.69 Å². The zero-order valence-electron chi connectivity index (χ0n) is 12.8. The second kappa shape index (κ2) is 5.98. The third-order valence-electron chi connectivity index (χ3n) is 4.91. The van der Waals surface area contributed by atoms with Crippen LogP contribution in [-0.2, 0) is 0 Å². The molecule has 120 valence electrons. The summed E-state index contributed by atoms with van der Waals surface area (Å²) in [5.41, 5.74) is 1.48. The number of fused-ring (bicyclic) bond motifs is 3. The maximum Gasteiger partial charge on any atom is 0.254 e. The molecular formula is C17H19ClN4O. The molecule has 1 N–H and O–H groups in total. The fourth-order valence-corrected chi connectivity index (χ4v) is 3.68. The summed E-state index contributed by atoms with van der Waals surface area (Å²) in [5.74, 6) is 0.583. The van der Waals surface area contributed by atoms with E-state index in [-0.39, 0.29) is 11.9 Å². The number of amides is 1. The van der Waals surface area contributed by atoms with Crippen LogP contribution in [0.3, 0.4) is 0 Å². The van der Waals surface area contributed by atoms with Crippen LogP contribution in [0.2, 0.25) is 5.02 Å². The normalized spacial score (nSPS) is 26.2. The van der Waals surface area contributed by atoms with E-state index in [1.807, 2.05) is 24.3 Å². The minimum atomic E-state index is -0.0380. The third kappa shape index (κ3) is 2.99. The van der Waals surface area contributed by atoms with Gasteiger partial charge in [0.1, 0.15) is 0 Å². The first-order chi connectivity index (χ1) is 11.2. The van der Waals surface area contributed by atoms with Crippen molar-refractivity contribution in [3.63, 3.8) is 0 Å². The summed E-state index contributed by atoms with van der Waals surface area (Å²) in [5, 5.41) is 8.15. The Balaban J connectivity index is 1.46. The number of nitrogens with one attached hydrogen (secondary N) is 1. The van der Waals surface area contributed by atoms with Crippen LogP contribution in [0.4, 0.5) is 0 Å². The molecule has 1 aromatic carbocycles. The summed E-state index contributed by atoms with van der Waals surface area (Å²) in [6, 6.07) is 7.65. The molecule has 0 spiro atoms. The van der Waals surface area contributed by atoms with Crippen molar-refractivity contribution in [2.75, 3.05) is 19.6 Å². The molecule has 3 fully saturated rings. The average Bonchev–Trinajstić information content (AvgIpc) is 3.07. The number of hydrogen-bond acceptors (Lipinski definition) is 3. The number of aromatic nitrogens is 2. The third-order valence-corrected chi connectivity index (χ3v) is 5.16. The van der Waals surface area contributed by atoms with Crippen molar-refractivity contribution >= 4 is 17.5 Å². The highest BCUT2D eigenvalue weighted by molar-refractivity contribution is 6.30. The highest BCUT2D eigenvalue weighted by Gasteiger charge is 2.35. The van der Waals surface area contributed by atoms with Gasteiger partial charge in [0.05, 0.1) is 17.4 Å². The standard InChI is InChI=1S/C17H19ClN4O/c18-14-1-3-15(4-2-14)22-10-13(9-19-22)17(23)20-16-11-21-7-5-12(16)6-8-21/h1-4,9-10,12,16H,5-8,11H2,(H,20,23). The molecule has 4 heterocycles. The molecule has 23 heavy (non-hydrogen) atoms. The molecule has 1 unspecified atom stereocenters. The zero-order valence-corrected chi connectivity index (χ0v) is 13.5. The van der Waals surface area contributed by atoms with Crippen molar-refractivity contribution in [3.05, 3.63) is 47.2 Å². The Labute approximate surface area is 140 Å². The van der Waals surface area contributed by atoms with Crippen molar-refractivity contribution in [2.24, 2.45) is 5.92 Å². The lowest BCUT2D eigenvalue weighted by Crippen LogP contribution is -2.57. The predicted molar refractivity (Wildman–Crippen MR) is 89.0 cm³/mol. The SMILES string of the molecule is O=C(NC1CN2CCC1CC2)c1cnn(-c2ccc(Cl)cc2)c1. The van der Waals surface area contributed by atoms with Crippen molar-refractivity contribution in [2.45, 2.75) is 18.9 Å². The van der Waals surface area contributed by atoms with Crippen LogP contribution in [0.5, 0.6) is 0 Å². The Morgan fingerprint density at radius 2 is 1.96 bits per heavy atom. The van der Waals surface area contributed by atoms with Gasteiger partial charge >= 0.3 is 0 Å². The minimum absolute atomic E-state index is 0.0380. The summed E-state index contributed by atoms with van der Waals surface area (Å²) in [6.45, 7) is 3.32. The average molecular weight is 331 g/mol. The molecule has 1 atom stereocenters. The fraction of sp³-hybridized carbons (Fsp3) is 0.412. The van der Waals surface area contributed by atoms with E-state index in [1.165, 1.54) is 25.9 Å². The molecule has 5 nitrogen and oxygen atoms in total. The first-order valence-electron chi connectivity index (χ1n) is 8.03. The van der Waals surface area contributed by atoms with E-state index >= 15 is 0 Å². The number of nitrogens with zero attached hydrogens (tertiary/aromatic N) is 3. The number of halogens is 1. The van der Waals surface area contributed by atoms with Crippen molar-refractivity contribution in [1.82, 2.24) is 20.0 Å². The molecule has 2 bridgehead atoms. The Hall–Kier alpha value is -1.85. The van der Waals surface area contributed by atoms with E-state index < -0.39 is 0 Å². The van der Waals surface area contributed by atoms with Crippen LogP contribution in [-0.4, -0.2) is 46.3 Å². The van der Waals surface area contributed by atoms with Gasteiger partial charge in [0.25, 0.3) is 5.91 Å². The first kappa shape index (κ1) is 14.7. The lowest BCUT2D eigenvalue weighted by atomic mass is 9.84. The highest BCUT2D eigenvalue weighted by atomic mass is 35.5. The van der Waals surface area contributed by atoms with Gasteiger partial charge in [-0.3, -0.25) is 4.79 Å². The van der Waals surface area contributed by atoms with Gasteiger partial charge in [-0.1, -0.05) is 11.6 Å². The molecule has 0 radical (unpaired) electrons. The largest absolute Gasteiger partial charge is 0.348 e. The number of rotatable bonds is 3. The van der Waals surface area contributed by atoms with Crippen LogP contribution in [0.25, 0.3) is 5.69 Å². The van der Waals surface area contributed by atoms with E-state index in [2.05, 4.69) is 15.3 Å². The lowest BCUT2D eigenvalue weighted by Gasteiger charge is -2.44. The van der Waals surface area contributed by atoms with Crippen molar-refractivity contribution in [1.29, 1.82) is 0 Å². The van der Waals surface area contributed by atoms with Crippen LogP contribution >= 0.6 is 11.6 Å².